The van der Waals surface area contributed by atoms with Gasteiger partial charge in [0.2, 0.25) is 21.7 Å². The zero-order valence-electron chi connectivity index (χ0n) is 16.2. The number of thiazole rings is 1. The molecule has 0 aliphatic carbocycles. The molecule has 0 aliphatic heterocycles. The Hall–Kier alpha value is -3.02. The second-order valence-corrected chi connectivity index (χ2v) is 9.11. The first-order valence-corrected chi connectivity index (χ1v) is 11.3. The van der Waals surface area contributed by atoms with Crippen LogP contribution in [0, 0.1) is 0 Å². The highest BCUT2D eigenvalue weighted by Gasteiger charge is 2.18. The third-order valence-corrected chi connectivity index (χ3v) is 6.77. The van der Waals surface area contributed by atoms with Gasteiger partial charge in [-0.2, -0.15) is 4.98 Å². The number of sulfonamides is 1. The van der Waals surface area contributed by atoms with Crippen LogP contribution in [0.4, 0.5) is 0 Å². The number of hydrogen-bond donors (Lipinski definition) is 1. The quantitative estimate of drug-likeness (QED) is 0.464. The van der Waals surface area contributed by atoms with Gasteiger partial charge in [0.05, 0.1) is 28.3 Å². The Balaban J connectivity index is 1.48. The van der Waals surface area contributed by atoms with E-state index < -0.39 is 10.0 Å². The van der Waals surface area contributed by atoms with Crippen molar-refractivity contribution in [1.82, 2.24) is 19.4 Å². The average molecular weight is 447 g/mol. The molecule has 2 heterocycles. The third-order valence-electron chi connectivity index (χ3n) is 4.38. The Morgan fingerprint density at radius 3 is 2.70 bits per heavy atom. The van der Waals surface area contributed by atoms with E-state index in [1.165, 1.54) is 16.7 Å². The van der Waals surface area contributed by atoms with Gasteiger partial charge in [-0.1, -0.05) is 16.5 Å². The normalized spacial score (nSPS) is 11.8. The molecule has 1 N–H and O–H groups in total. The van der Waals surface area contributed by atoms with Crippen LogP contribution in [-0.2, 0) is 23.6 Å². The van der Waals surface area contributed by atoms with Crippen molar-refractivity contribution in [3.05, 3.63) is 58.0 Å². The fourth-order valence-electron chi connectivity index (χ4n) is 2.83. The van der Waals surface area contributed by atoms with E-state index in [0.29, 0.717) is 22.6 Å². The van der Waals surface area contributed by atoms with Crippen molar-refractivity contribution in [1.29, 1.82) is 0 Å². The number of rotatable bonds is 7. The summed E-state index contributed by atoms with van der Waals surface area (Å²) >= 11 is 0.994. The van der Waals surface area contributed by atoms with E-state index in [4.69, 9.17) is 9.26 Å². The molecular formula is C19H18N4O5S2. The molecule has 4 rings (SSSR count). The van der Waals surface area contributed by atoms with Gasteiger partial charge in [-0.05, 0) is 49.4 Å². The highest BCUT2D eigenvalue weighted by molar-refractivity contribution is 7.89. The number of ether oxygens (including phenoxy) is 1. The van der Waals surface area contributed by atoms with Crippen LogP contribution in [0.5, 0.6) is 5.75 Å². The molecule has 30 heavy (non-hydrogen) atoms. The van der Waals surface area contributed by atoms with E-state index in [9.17, 15) is 13.2 Å². The van der Waals surface area contributed by atoms with Crippen molar-refractivity contribution in [2.45, 2.75) is 18.4 Å². The number of nitrogens with zero attached hydrogens (tertiary/aromatic N) is 3. The molecule has 2 aromatic carbocycles. The fraction of sp³-hybridized carbons (Fsp3) is 0.211. The maximum Gasteiger partial charge on any atom is 0.307 e. The van der Waals surface area contributed by atoms with Crippen LogP contribution in [-0.4, -0.2) is 29.7 Å². The van der Waals surface area contributed by atoms with Crippen LogP contribution in [0.3, 0.4) is 0 Å². The summed E-state index contributed by atoms with van der Waals surface area (Å²) in [5.41, 5.74) is 1.40. The molecular weight excluding hydrogens is 428 g/mol. The van der Waals surface area contributed by atoms with E-state index >= 15 is 0 Å². The minimum absolute atomic E-state index is 0.0584. The van der Waals surface area contributed by atoms with Crippen LogP contribution in [0.1, 0.15) is 12.8 Å². The van der Waals surface area contributed by atoms with Crippen molar-refractivity contribution in [3.8, 4) is 17.1 Å². The number of nitrogens with one attached hydrogen (secondary N) is 1. The lowest BCUT2D eigenvalue weighted by Crippen LogP contribution is -2.23. The number of benzene rings is 2. The summed E-state index contributed by atoms with van der Waals surface area (Å²) < 4.78 is 40.3. The van der Waals surface area contributed by atoms with Gasteiger partial charge in [0.15, 0.2) is 0 Å². The van der Waals surface area contributed by atoms with Crippen molar-refractivity contribution in [2.75, 3.05) is 6.61 Å². The Morgan fingerprint density at radius 2 is 1.97 bits per heavy atom. The van der Waals surface area contributed by atoms with Gasteiger partial charge in [-0.25, -0.2) is 13.1 Å². The minimum Gasteiger partial charge on any atom is -0.494 e. The molecule has 0 saturated heterocycles. The lowest BCUT2D eigenvalue weighted by atomic mass is 10.2. The number of aromatic nitrogens is 3. The monoisotopic (exact) mass is 446 g/mol. The van der Waals surface area contributed by atoms with Crippen molar-refractivity contribution in [2.24, 2.45) is 7.05 Å². The second kappa shape index (κ2) is 8.01. The molecule has 0 spiro atoms. The first-order valence-electron chi connectivity index (χ1n) is 9.02. The van der Waals surface area contributed by atoms with Gasteiger partial charge in [0.25, 0.3) is 0 Å². The van der Waals surface area contributed by atoms with Crippen LogP contribution < -0.4 is 14.3 Å². The summed E-state index contributed by atoms with van der Waals surface area (Å²) in [6.07, 6.45) is 0. The predicted octanol–water partition coefficient (Wildman–Crippen LogP) is 2.53. The summed E-state index contributed by atoms with van der Waals surface area (Å²) in [6, 6.07) is 11.7. The summed E-state index contributed by atoms with van der Waals surface area (Å²) in [7, 11) is -2.18. The van der Waals surface area contributed by atoms with Gasteiger partial charge < -0.3 is 13.8 Å². The number of aryl methyl sites for hydroxylation is 1. The first-order chi connectivity index (χ1) is 14.4. The van der Waals surface area contributed by atoms with Gasteiger partial charge >= 0.3 is 4.87 Å². The zero-order valence-corrected chi connectivity index (χ0v) is 17.8. The Kier molecular flexibility index (Phi) is 5.41. The first kappa shape index (κ1) is 20.3. The summed E-state index contributed by atoms with van der Waals surface area (Å²) in [5.74, 6) is 1.22. The third kappa shape index (κ3) is 3.99. The molecule has 2 aromatic heterocycles. The molecule has 11 heteroatoms. The Labute approximate surface area is 176 Å². The standard InChI is InChI=1S/C19H18N4O5S2/c1-3-27-13-6-4-12(5-7-13)18-21-17(28-22-18)11-20-30(25,26)14-8-9-15-16(10-14)29-19(24)23(15)2/h4-10,20H,3,11H2,1-2H3. The number of hydrogen-bond acceptors (Lipinski definition) is 8. The van der Waals surface area contributed by atoms with E-state index in [0.717, 1.165) is 22.6 Å². The van der Waals surface area contributed by atoms with E-state index in [1.807, 2.05) is 6.92 Å². The molecule has 156 valence electrons. The van der Waals surface area contributed by atoms with Crippen LogP contribution in [0.15, 0.2) is 56.7 Å². The lowest BCUT2D eigenvalue weighted by molar-refractivity contribution is 0.340. The highest BCUT2D eigenvalue weighted by atomic mass is 32.2. The molecule has 0 aliphatic rings. The smallest absolute Gasteiger partial charge is 0.307 e. The number of fused-ring (bicyclic) bond motifs is 1. The topological polar surface area (TPSA) is 116 Å². The maximum atomic E-state index is 12.6. The second-order valence-electron chi connectivity index (χ2n) is 6.35. The summed E-state index contributed by atoms with van der Waals surface area (Å²) in [6.45, 7) is 2.32. The largest absolute Gasteiger partial charge is 0.494 e. The molecule has 9 nitrogen and oxygen atoms in total. The molecule has 0 fully saturated rings. The molecule has 0 radical (unpaired) electrons. The van der Waals surface area contributed by atoms with Gasteiger partial charge in [-0.15, -0.1) is 0 Å². The zero-order chi connectivity index (χ0) is 21.3. The molecule has 0 saturated carbocycles. The van der Waals surface area contributed by atoms with E-state index in [1.54, 1.807) is 37.4 Å². The average Bonchev–Trinajstić information content (AvgIpc) is 3.32. The SMILES string of the molecule is CCOc1ccc(-c2noc(CNS(=O)(=O)c3ccc4c(c3)sc(=O)n4C)n2)cc1. The van der Waals surface area contributed by atoms with E-state index in [2.05, 4.69) is 14.9 Å². The maximum absolute atomic E-state index is 12.6. The lowest BCUT2D eigenvalue weighted by Gasteiger charge is -2.05. The Bertz CT molecular complexity index is 1350. The van der Waals surface area contributed by atoms with Crippen LogP contribution in [0.25, 0.3) is 21.6 Å². The summed E-state index contributed by atoms with van der Waals surface area (Å²) in [4.78, 5) is 15.9. The molecule has 4 aromatic rings. The van der Waals surface area contributed by atoms with Gasteiger partial charge in [0.1, 0.15) is 5.75 Å². The predicted molar refractivity (Wildman–Crippen MR) is 112 cm³/mol. The van der Waals surface area contributed by atoms with Crippen molar-refractivity contribution >= 4 is 31.6 Å². The van der Waals surface area contributed by atoms with Crippen molar-refractivity contribution < 1.29 is 17.7 Å². The van der Waals surface area contributed by atoms with Gasteiger partial charge in [0, 0.05) is 12.6 Å². The summed E-state index contributed by atoms with van der Waals surface area (Å²) in [5, 5.41) is 3.89. The van der Waals surface area contributed by atoms with Crippen molar-refractivity contribution in [3.63, 3.8) is 0 Å². The molecule has 0 atom stereocenters. The van der Waals surface area contributed by atoms with Gasteiger partial charge in [-0.3, -0.25) is 4.79 Å². The highest BCUT2D eigenvalue weighted by Crippen LogP contribution is 2.22. The van der Waals surface area contributed by atoms with Crippen LogP contribution in [0.2, 0.25) is 0 Å². The van der Waals surface area contributed by atoms with Crippen LogP contribution >= 0.6 is 11.3 Å². The molecule has 0 amide bonds. The Morgan fingerprint density at radius 1 is 1.20 bits per heavy atom. The molecule has 0 bridgehead atoms. The fourth-order valence-corrected chi connectivity index (χ4v) is 4.83. The molecule has 0 unspecified atom stereocenters. The van der Waals surface area contributed by atoms with E-state index in [-0.39, 0.29) is 22.2 Å². The minimum atomic E-state index is -3.82.